The molecule has 0 bridgehead atoms. The maximum Gasteiger partial charge on any atom is 0.178 e. The molecule has 0 atom stereocenters. The van der Waals surface area contributed by atoms with Gasteiger partial charge in [-0.05, 0) is 13.1 Å². The van der Waals surface area contributed by atoms with Gasteiger partial charge in [-0.2, -0.15) is 5.10 Å². The second-order valence-corrected chi connectivity index (χ2v) is 4.68. The normalized spacial score (nSPS) is 11.1. The summed E-state index contributed by atoms with van der Waals surface area (Å²) in [5.74, 6) is 0.141. The van der Waals surface area contributed by atoms with Crippen LogP contribution in [0, 0.1) is 0 Å². The zero-order valence-electron chi connectivity index (χ0n) is 11.0. The van der Waals surface area contributed by atoms with Gasteiger partial charge in [-0.1, -0.05) is 0 Å². The Bertz CT molecular complexity index is 541. The lowest BCUT2D eigenvalue weighted by Gasteiger charge is -2.13. The number of ketones is 1. The van der Waals surface area contributed by atoms with E-state index in [1.165, 1.54) is 0 Å². The summed E-state index contributed by atoms with van der Waals surface area (Å²) >= 11 is 0. The number of nitrogens with zero attached hydrogens (tertiary/aromatic N) is 4. The fourth-order valence-electron chi connectivity index (χ4n) is 1.93. The number of hydrogen-bond donors (Lipinski definition) is 0. The maximum atomic E-state index is 12.0. The van der Waals surface area contributed by atoms with Crippen molar-refractivity contribution in [1.82, 2.24) is 19.2 Å². The van der Waals surface area contributed by atoms with Crippen LogP contribution < -0.4 is 0 Å². The molecule has 0 radical (unpaired) electrons. The lowest BCUT2D eigenvalue weighted by atomic mass is 10.2. The van der Waals surface area contributed by atoms with Gasteiger partial charge < -0.3 is 4.57 Å². The van der Waals surface area contributed by atoms with Crippen molar-refractivity contribution in [3.8, 4) is 0 Å². The van der Waals surface area contributed by atoms with Crippen molar-refractivity contribution >= 4 is 5.78 Å². The highest BCUT2D eigenvalue weighted by Crippen LogP contribution is 2.05. The van der Waals surface area contributed by atoms with Gasteiger partial charge in [-0.25, -0.2) is 0 Å². The van der Waals surface area contributed by atoms with E-state index in [-0.39, 0.29) is 5.78 Å². The topological polar surface area (TPSA) is 43.1 Å². The van der Waals surface area contributed by atoms with E-state index >= 15 is 0 Å². The molecule has 2 aromatic rings. The SMILES string of the molecule is CN(CC(=O)c1ccn(C)c1)Cc1cnn(C)c1. The zero-order chi connectivity index (χ0) is 13.1. The monoisotopic (exact) mass is 246 g/mol. The molecule has 0 spiro atoms. The van der Waals surface area contributed by atoms with Crippen molar-refractivity contribution < 1.29 is 4.79 Å². The van der Waals surface area contributed by atoms with Crippen molar-refractivity contribution in [1.29, 1.82) is 0 Å². The molecule has 2 heterocycles. The molecule has 96 valence electrons. The van der Waals surface area contributed by atoms with E-state index in [9.17, 15) is 4.79 Å². The van der Waals surface area contributed by atoms with Gasteiger partial charge in [0.15, 0.2) is 5.78 Å². The Morgan fingerprint density at radius 2 is 2.17 bits per heavy atom. The Morgan fingerprint density at radius 1 is 1.39 bits per heavy atom. The number of rotatable bonds is 5. The number of aromatic nitrogens is 3. The summed E-state index contributed by atoms with van der Waals surface area (Å²) in [7, 11) is 5.74. The van der Waals surface area contributed by atoms with Crippen LogP contribution >= 0.6 is 0 Å². The molecule has 5 nitrogen and oxygen atoms in total. The predicted octanol–water partition coefficient (Wildman–Crippen LogP) is 1.07. The molecule has 0 N–H and O–H groups in total. The molecule has 0 unspecified atom stereocenters. The predicted molar refractivity (Wildman–Crippen MR) is 69.3 cm³/mol. The molecule has 0 aliphatic heterocycles. The zero-order valence-corrected chi connectivity index (χ0v) is 11.0. The van der Waals surface area contributed by atoms with Crippen molar-refractivity contribution in [2.45, 2.75) is 6.54 Å². The first-order valence-corrected chi connectivity index (χ1v) is 5.86. The van der Waals surface area contributed by atoms with Crippen LogP contribution in [-0.2, 0) is 20.6 Å². The van der Waals surface area contributed by atoms with Crippen molar-refractivity contribution in [2.24, 2.45) is 14.1 Å². The molecule has 0 fully saturated rings. The molecule has 5 heteroatoms. The van der Waals surface area contributed by atoms with Crippen molar-refractivity contribution in [2.75, 3.05) is 13.6 Å². The van der Waals surface area contributed by atoms with Crippen molar-refractivity contribution in [3.63, 3.8) is 0 Å². The molecule has 0 aliphatic rings. The van der Waals surface area contributed by atoms with Gasteiger partial charge in [0, 0.05) is 50.4 Å². The fourth-order valence-corrected chi connectivity index (χ4v) is 1.93. The van der Waals surface area contributed by atoms with Crippen molar-refractivity contribution in [3.05, 3.63) is 42.0 Å². The van der Waals surface area contributed by atoms with E-state index in [0.717, 1.165) is 17.7 Å². The molecule has 2 aromatic heterocycles. The molecule has 2 rings (SSSR count). The Labute approximate surface area is 107 Å². The van der Waals surface area contributed by atoms with Crippen LogP contribution in [-0.4, -0.2) is 38.6 Å². The summed E-state index contributed by atoms with van der Waals surface area (Å²) in [5.41, 5.74) is 1.87. The maximum absolute atomic E-state index is 12.0. The largest absolute Gasteiger partial charge is 0.357 e. The Kier molecular flexibility index (Phi) is 3.62. The lowest BCUT2D eigenvalue weighted by molar-refractivity contribution is 0.0943. The van der Waals surface area contributed by atoms with Crippen LogP contribution in [0.5, 0.6) is 0 Å². The van der Waals surface area contributed by atoms with Gasteiger partial charge in [0.25, 0.3) is 0 Å². The van der Waals surface area contributed by atoms with Gasteiger partial charge in [0.2, 0.25) is 0 Å². The van der Waals surface area contributed by atoms with Gasteiger partial charge >= 0.3 is 0 Å². The van der Waals surface area contributed by atoms with E-state index < -0.39 is 0 Å². The number of carbonyl (C=O) groups is 1. The quantitative estimate of drug-likeness (QED) is 0.741. The van der Waals surface area contributed by atoms with Crippen LogP contribution in [0.2, 0.25) is 0 Å². The van der Waals surface area contributed by atoms with Crippen LogP contribution in [0.25, 0.3) is 0 Å². The summed E-state index contributed by atoms with van der Waals surface area (Å²) in [5, 5.41) is 4.11. The van der Waals surface area contributed by atoms with E-state index in [1.54, 1.807) is 4.68 Å². The third-order valence-electron chi connectivity index (χ3n) is 2.78. The number of likely N-dealkylation sites (N-methyl/N-ethyl adjacent to an activating group) is 1. The lowest BCUT2D eigenvalue weighted by Crippen LogP contribution is -2.25. The summed E-state index contributed by atoms with van der Waals surface area (Å²) in [6.45, 7) is 1.14. The van der Waals surface area contributed by atoms with E-state index in [4.69, 9.17) is 0 Å². The summed E-state index contributed by atoms with van der Waals surface area (Å²) < 4.78 is 3.65. The Morgan fingerprint density at radius 3 is 2.72 bits per heavy atom. The molecular weight excluding hydrogens is 228 g/mol. The molecule has 18 heavy (non-hydrogen) atoms. The van der Waals surface area contributed by atoms with E-state index in [1.807, 2.05) is 61.5 Å². The number of aryl methyl sites for hydroxylation is 2. The summed E-state index contributed by atoms with van der Waals surface area (Å²) in [4.78, 5) is 14.0. The number of hydrogen-bond acceptors (Lipinski definition) is 3. The first-order valence-electron chi connectivity index (χ1n) is 5.86. The highest BCUT2D eigenvalue weighted by atomic mass is 16.1. The molecule has 0 aromatic carbocycles. The van der Waals surface area contributed by atoms with Crippen LogP contribution in [0.1, 0.15) is 15.9 Å². The first kappa shape index (κ1) is 12.6. The smallest absolute Gasteiger partial charge is 0.178 e. The Hall–Kier alpha value is -1.88. The van der Waals surface area contributed by atoms with Gasteiger partial charge in [-0.15, -0.1) is 0 Å². The molecule has 0 saturated carbocycles. The third-order valence-corrected chi connectivity index (χ3v) is 2.78. The van der Waals surface area contributed by atoms with Crippen LogP contribution in [0.4, 0.5) is 0 Å². The molecule has 0 aliphatic carbocycles. The average molecular weight is 246 g/mol. The van der Waals surface area contributed by atoms with E-state index in [0.29, 0.717) is 6.54 Å². The second-order valence-electron chi connectivity index (χ2n) is 4.68. The Balaban J connectivity index is 1.91. The van der Waals surface area contributed by atoms with Gasteiger partial charge in [0.1, 0.15) is 0 Å². The van der Waals surface area contributed by atoms with Crippen LogP contribution in [0.15, 0.2) is 30.9 Å². The van der Waals surface area contributed by atoms with Gasteiger partial charge in [-0.3, -0.25) is 14.4 Å². The first-order chi connectivity index (χ1) is 8.54. The standard InChI is InChI=1S/C13H18N4O/c1-15-5-4-12(9-15)13(18)10-16(2)7-11-6-14-17(3)8-11/h4-6,8-9H,7,10H2,1-3H3. The average Bonchev–Trinajstić information content (AvgIpc) is 2.87. The third kappa shape index (κ3) is 3.07. The highest BCUT2D eigenvalue weighted by molar-refractivity contribution is 5.97. The molecular formula is C13H18N4O. The minimum atomic E-state index is 0.141. The van der Waals surface area contributed by atoms with Gasteiger partial charge in [0.05, 0.1) is 12.7 Å². The van der Waals surface area contributed by atoms with Crippen LogP contribution in [0.3, 0.4) is 0 Å². The highest BCUT2D eigenvalue weighted by Gasteiger charge is 2.11. The minimum absolute atomic E-state index is 0.141. The summed E-state index contributed by atoms with van der Waals surface area (Å²) in [6, 6.07) is 1.85. The number of Topliss-reactive ketones (excluding diaryl/α,β-unsaturated/α-hetero) is 1. The minimum Gasteiger partial charge on any atom is -0.357 e. The fraction of sp³-hybridized carbons (Fsp3) is 0.385. The number of carbonyl (C=O) groups excluding carboxylic acids is 1. The molecule has 0 amide bonds. The van der Waals surface area contributed by atoms with E-state index in [2.05, 4.69) is 5.10 Å². The molecule has 0 saturated heterocycles. The summed E-state index contributed by atoms with van der Waals surface area (Å²) in [6.07, 6.45) is 7.52. The second kappa shape index (κ2) is 5.18.